The number of hydrogen-bond acceptors (Lipinski definition) is 18. The summed E-state index contributed by atoms with van der Waals surface area (Å²) < 4.78 is 56.5. The number of benzene rings is 1. The zero-order valence-corrected chi connectivity index (χ0v) is 52.9. The van der Waals surface area contributed by atoms with Gasteiger partial charge in [-0.25, -0.2) is 23.5 Å². The van der Waals surface area contributed by atoms with E-state index in [0.29, 0.717) is 30.5 Å². The Labute approximate surface area is 499 Å². The molecule has 0 spiro atoms. The summed E-state index contributed by atoms with van der Waals surface area (Å²) in [6, 6.07) is 3.83. The van der Waals surface area contributed by atoms with Crippen molar-refractivity contribution in [1.82, 2.24) is 36.4 Å². The van der Waals surface area contributed by atoms with Crippen LogP contribution in [0, 0.1) is 17.8 Å². The van der Waals surface area contributed by atoms with Crippen molar-refractivity contribution in [2.75, 3.05) is 53.5 Å². The summed E-state index contributed by atoms with van der Waals surface area (Å²) in [7, 11) is -7.76. The molecule has 0 bridgehead atoms. The van der Waals surface area contributed by atoms with Gasteiger partial charge >= 0.3 is 33.7 Å². The van der Waals surface area contributed by atoms with E-state index in [1.165, 1.54) is 45.8 Å². The van der Waals surface area contributed by atoms with Gasteiger partial charge < -0.3 is 66.1 Å². The molecule has 9 N–H and O–H groups in total. The van der Waals surface area contributed by atoms with Crippen LogP contribution in [0.2, 0.25) is 0 Å². The second kappa shape index (κ2) is 37.5. The summed E-state index contributed by atoms with van der Waals surface area (Å²) in [6.45, 7) is 14.0. The monoisotopic (exact) mass is 1240 g/mol. The fourth-order valence-electron chi connectivity index (χ4n) is 8.59. The molecule has 0 saturated heterocycles. The van der Waals surface area contributed by atoms with Gasteiger partial charge in [0.25, 0.3) is 5.91 Å². The average molecular weight is 1240 g/mol. The van der Waals surface area contributed by atoms with Crippen molar-refractivity contribution < 1.29 is 89.6 Å². The zero-order valence-electron chi connectivity index (χ0n) is 51.1. The number of nitrogens with one attached hydrogen (secondary N) is 5. The minimum atomic E-state index is -5.31. The van der Waals surface area contributed by atoms with E-state index in [4.69, 9.17) is 29.0 Å². The summed E-state index contributed by atoms with van der Waals surface area (Å²) >= 11 is 0. The second-order valence-corrected chi connectivity index (χ2v) is 24.5. The molecule has 3 unspecified atom stereocenters. The van der Waals surface area contributed by atoms with Crippen LogP contribution in [-0.2, 0) is 81.5 Å². The first-order valence-corrected chi connectivity index (χ1v) is 31.6. The summed E-state index contributed by atoms with van der Waals surface area (Å²) in [5, 5.41) is 12.7. The number of hydrogen-bond donors (Lipinski definition) is 8. The van der Waals surface area contributed by atoms with Crippen molar-refractivity contribution in [1.29, 1.82) is 0 Å². The average Bonchev–Trinajstić information content (AvgIpc) is 3.55. The number of ether oxygens (including phenoxy) is 3. The highest BCUT2D eigenvalue weighted by molar-refractivity contribution is 7.61. The maximum Gasteiger partial charge on any atom is 0.481 e. The highest BCUT2D eigenvalue weighted by atomic mass is 31.3. The number of carbonyl (C=O) groups is 9. The standard InChI is InChI=1S/C56H92N8O19P2/c1-13-36(5)48-51(68)61-41(10)55(72)82-49(37(6)14-2)39(8)44(81-56(73)59-29-31-79-85(76,77)83-84(74,75)78-30-28-58-46(65)24-20-15-16-21-27-57)26-25-38(7)54(71)80-45(32-35(3)4)50(67)60-40(9)52(69)64(12)43(33-42-22-18-17-19-23-42)53(70)63(11)34-47(66)62-48/h14,17-19,22-23,25,35-36,39-41,43-45,48-49H,13,15-16,20-21,24,26-34,57H2,1-12H3,(H,58,65)(H,59,73)(H,60,67)(H,61,68)(H,62,66)(H,74,75)(H,76,77)/b37-14+,38-25+/t36?,39-,40-,41+,43+,44-,45+,48-,49+/m0/s1. The molecule has 1 aromatic rings. The van der Waals surface area contributed by atoms with Gasteiger partial charge in [-0.15, -0.1) is 0 Å². The minimum absolute atomic E-state index is 0.0149. The third-order valence-corrected chi connectivity index (χ3v) is 16.6. The molecule has 7 amide bonds. The lowest BCUT2D eigenvalue weighted by Gasteiger charge is -2.33. The molecular formula is C56H92N8O19P2. The molecule has 27 nitrogen and oxygen atoms in total. The van der Waals surface area contributed by atoms with E-state index in [1.807, 2.05) is 0 Å². The van der Waals surface area contributed by atoms with Crippen LogP contribution in [0.25, 0.3) is 0 Å². The Morgan fingerprint density at radius 2 is 1.45 bits per heavy atom. The smallest absolute Gasteiger partial charge is 0.456 e. The quantitative estimate of drug-likeness (QED) is 0.0236. The lowest BCUT2D eigenvalue weighted by Crippen LogP contribution is -2.57. The highest BCUT2D eigenvalue weighted by Gasteiger charge is 2.39. The first-order valence-electron chi connectivity index (χ1n) is 28.6. The predicted molar refractivity (Wildman–Crippen MR) is 313 cm³/mol. The number of likely N-dealkylation sites (N-methyl/N-ethyl adjacent to an activating group) is 2. The van der Waals surface area contributed by atoms with Gasteiger partial charge in [-0.2, -0.15) is 4.31 Å². The van der Waals surface area contributed by atoms with E-state index < -0.39 is 144 Å². The fourth-order valence-corrected chi connectivity index (χ4v) is 10.7. The Bertz CT molecular complexity index is 2550. The molecule has 2 rings (SSSR count). The van der Waals surface area contributed by atoms with Crippen LogP contribution in [0.3, 0.4) is 0 Å². The Balaban J connectivity index is 2.51. The molecule has 0 radical (unpaired) electrons. The third kappa shape index (κ3) is 27.5. The summed E-state index contributed by atoms with van der Waals surface area (Å²) in [4.78, 5) is 146. The first kappa shape index (κ1) is 75.0. The molecule has 0 saturated carbocycles. The number of cyclic esters (lactones) is 2. The summed E-state index contributed by atoms with van der Waals surface area (Å²) in [6.07, 6.45) is 1.46. The van der Waals surface area contributed by atoms with E-state index in [-0.39, 0.29) is 49.6 Å². The molecule has 85 heavy (non-hydrogen) atoms. The number of nitrogens with zero attached hydrogens (tertiary/aromatic N) is 2. The van der Waals surface area contributed by atoms with Gasteiger partial charge in [0.2, 0.25) is 29.5 Å². The second-order valence-electron chi connectivity index (χ2n) is 21.5. The van der Waals surface area contributed by atoms with Crippen LogP contribution in [0.4, 0.5) is 4.79 Å². The van der Waals surface area contributed by atoms with E-state index in [2.05, 4.69) is 30.9 Å². The van der Waals surface area contributed by atoms with Gasteiger partial charge in [-0.3, -0.25) is 37.8 Å². The molecule has 29 heteroatoms. The Kier molecular flexibility index (Phi) is 33.1. The van der Waals surface area contributed by atoms with E-state index >= 15 is 0 Å². The fraction of sp³-hybridized carbons (Fsp3) is 0.661. The Hall–Kier alpha value is -6.05. The van der Waals surface area contributed by atoms with Gasteiger partial charge in [0.15, 0.2) is 6.10 Å². The molecule has 11 atom stereocenters. The highest BCUT2D eigenvalue weighted by Crippen LogP contribution is 2.60. The minimum Gasteiger partial charge on any atom is -0.456 e. The van der Waals surface area contributed by atoms with Crippen LogP contribution in [0.15, 0.2) is 53.6 Å². The van der Waals surface area contributed by atoms with Gasteiger partial charge in [-0.1, -0.05) is 96.4 Å². The van der Waals surface area contributed by atoms with Crippen molar-refractivity contribution >= 4 is 69.1 Å². The van der Waals surface area contributed by atoms with Crippen LogP contribution in [-0.4, -0.2) is 169 Å². The molecule has 1 heterocycles. The van der Waals surface area contributed by atoms with E-state index in [9.17, 15) is 62.1 Å². The first-order chi connectivity index (χ1) is 39.9. The Morgan fingerprint density at radius 3 is 2.04 bits per heavy atom. The number of carbonyl (C=O) groups excluding carboxylic acids is 9. The van der Waals surface area contributed by atoms with Crippen LogP contribution >= 0.6 is 15.6 Å². The summed E-state index contributed by atoms with van der Waals surface area (Å²) in [5.41, 5.74) is 6.56. The van der Waals surface area contributed by atoms with Crippen LogP contribution in [0.5, 0.6) is 0 Å². The Morgan fingerprint density at radius 1 is 0.847 bits per heavy atom. The van der Waals surface area contributed by atoms with Crippen molar-refractivity contribution in [2.45, 2.75) is 170 Å². The molecule has 480 valence electrons. The molecular weight excluding hydrogens is 1150 g/mol. The number of amides is 7. The summed E-state index contributed by atoms with van der Waals surface area (Å²) in [5.74, 6) is -7.49. The number of rotatable bonds is 24. The number of alkyl carbamates (subject to hydrolysis) is 1. The van der Waals surface area contributed by atoms with Crippen molar-refractivity contribution in [2.24, 2.45) is 23.5 Å². The number of esters is 2. The zero-order chi connectivity index (χ0) is 64.2. The molecule has 1 aliphatic heterocycles. The third-order valence-electron chi connectivity index (χ3n) is 13.9. The molecule has 0 fully saturated rings. The van der Waals surface area contributed by atoms with Crippen molar-refractivity contribution in [3.05, 3.63) is 59.2 Å². The van der Waals surface area contributed by atoms with Crippen LogP contribution in [0.1, 0.15) is 126 Å². The van der Waals surface area contributed by atoms with Crippen molar-refractivity contribution in [3.63, 3.8) is 0 Å². The number of nitrogens with two attached hydrogens (primary N) is 1. The largest absolute Gasteiger partial charge is 0.481 e. The SMILES string of the molecule is C/C=C(\C)[C@H]1OC(=O)[C@@H](C)NC(=O)[C@H](C(C)CC)NC(=O)CN(C)C(=O)[C@@H](Cc2ccccc2)N(C)C(=O)[C@H](C)NC(=O)[C@@H](CC(C)C)OC(=O)/C(C)=C/C[C@H](OC(=O)NCCOP(=O)(O)OP(=O)(O)OCCNC(=O)CCCCCCN)[C@@H]1C. The van der Waals surface area contributed by atoms with E-state index in [0.717, 1.165) is 24.2 Å². The van der Waals surface area contributed by atoms with Gasteiger partial charge in [0.1, 0.15) is 36.4 Å². The lowest BCUT2D eigenvalue weighted by molar-refractivity contribution is -0.155. The normalized spacial score (nSPS) is 25.0. The molecule has 0 aromatic heterocycles. The molecule has 1 aliphatic rings. The number of phosphoric ester groups is 2. The number of unbranched alkanes of at least 4 members (excludes halogenated alkanes) is 3. The topological polar surface area (TPSA) is 376 Å². The maximum atomic E-state index is 14.3. The van der Waals surface area contributed by atoms with E-state index in [1.54, 1.807) is 84.9 Å². The van der Waals surface area contributed by atoms with Crippen molar-refractivity contribution in [3.8, 4) is 0 Å². The lowest BCUT2D eigenvalue weighted by atomic mass is 9.90. The molecule has 1 aromatic carbocycles. The van der Waals surface area contributed by atoms with Crippen LogP contribution < -0.4 is 32.3 Å². The van der Waals surface area contributed by atoms with Gasteiger partial charge in [0, 0.05) is 57.9 Å². The number of allylic oxidation sites excluding steroid dienone is 1. The predicted octanol–water partition coefficient (Wildman–Crippen LogP) is 4.25. The van der Waals surface area contributed by atoms with Gasteiger partial charge in [-0.05, 0) is 83.4 Å². The number of phosphoric acid groups is 2. The maximum absolute atomic E-state index is 14.3. The van der Waals surface area contributed by atoms with Gasteiger partial charge in [0.05, 0.1) is 19.8 Å². The molecule has 0 aliphatic carbocycles.